The van der Waals surface area contributed by atoms with Crippen molar-refractivity contribution in [3.63, 3.8) is 0 Å². The van der Waals surface area contributed by atoms with E-state index in [9.17, 15) is 4.79 Å². The number of hydrogen-bond donors (Lipinski definition) is 1. The van der Waals surface area contributed by atoms with E-state index in [1.807, 2.05) is 0 Å². The molecule has 124 valence electrons. The van der Waals surface area contributed by atoms with Crippen LogP contribution < -0.4 is 10.5 Å². The van der Waals surface area contributed by atoms with E-state index in [4.69, 9.17) is 4.98 Å². The summed E-state index contributed by atoms with van der Waals surface area (Å²) in [4.78, 5) is 22.4. The van der Waals surface area contributed by atoms with Gasteiger partial charge in [0.05, 0.1) is 5.69 Å². The maximum atomic E-state index is 12.5. The molecule has 0 fully saturated rings. The Morgan fingerprint density at radius 1 is 1.25 bits per heavy atom. The molecule has 2 aromatic heterocycles. The summed E-state index contributed by atoms with van der Waals surface area (Å²) in [7, 11) is 1.80. The first-order valence-corrected chi connectivity index (χ1v) is 8.45. The monoisotopic (exact) mass is 323 g/mol. The summed E-state index contributed by atoms with van der Waals surface area (Å²) in [5.74, 6) is 0.646. The Bertz CT molecular complexity index is 956. The SMILES string of the molecule is CCCc1nn(C)c2c(=O)[nH]c(N3CCc4ccccc4C3)nc12. The second-order valence-electron chi connectivity index (χ2n) is 6.35. The molecule has 0 amide bonds. The van der Waals surface area contributed by atoms with Crippen LogP contribution in [0.4, 0.5) is 5.95 Å². The number of nitrogens with zero attached hydrogens (tertiary/aromatic N) is 4. The maximum Gasteiger partial charge on any atom is 0.278 e. The van der Waals surface area contributed by atoms with Crippen LogP contribution in [0.1, 0.15) is 30.2 Å². The topological polar surface area (TPSA) is 66.8 Å². The van der Waals surface area contributed by atoms with E-state index in [1.54, 1.807) is 11.7 Å². The number of aromatic amines is 1. The van der Waals surface area contributed by atoms with Crippen molar-refractivity contribution in [3.8, 4) is 0 Å². The lowest BCUT2D eigenvalue weighted by molar-refractivity contribution is 0.707. The zero-order valence-electron chi connectivity index (χ0n) is 14.0. The highest BCUT2D eigenvalue weighted by atomic mass is 16.1. The van der Waals surface area contributed by atoms with Crippen molar-refractivity contribution in [2.75, 3.05) is 11.4 Å². The Labute approximate surface area is 140 Å². The van der Waals surface area contributed by atoms with E-state index in [0.717, 1.165) is 43.6 Å². The second kappa shape index (κ2) is 5.78. The first-order valence-electron chi connectivity index (χ1n) is 8.45. The molecular weight excluding hydrogens is 302 g/mol. The molecule has 0 aliphatic carbocycles. The summed E-state index contributed by atoms with van der Waals surface area (Å²) in [5.41, 5.74) is 4.75. The molecule has 0 saturated carbocycles. The lowest BCUT2D eigenvalue weighted by atomic mass is 10.0. The van der Waals surface area contributed by atoms with E-state index in [2.05, 4.69) is 46.2 Å². The van der Waals surface area contributed by atoms with Crippen LogP contribution in [0.25, 0.3) is 11.0 Å². The molecule has 0 unspecified atom stereocenters. The predicted molar refractivity (Wildman–Crippen MR) is 94.3 cm³/mol. The van der Waals surface area contributed by atoms with E-state index in [1.165, 1.54) is 11.1 Å². The molecule has 1 aliphatic rings. The number of rotatable bonds is 3. The highest BCUT2D eigenvalue weighted by Crippen LogP contribution is 2.23. The highest BCUT2D eigenvalue weighted by Gasteiger charge is 2.21. The zero-order valence-corrected chi connectivity index (χ0v) is 14.0. The summed E-state index contributed by atoms with van der Waals surface area (Å²) >= 11 is 0. The van der Waals surface area contributed by atoms with Crippen molar-refractivity contribution >= 4 is 17.0 Å². The molecule has 1 aromatic carbocycles. The minimum atomic E-state index is -0.119. The molecule has 1 N–H and O–H groups in total. The molecule has 1 aliphatic heterocycles. The normalized spacial score (nSPS) is 14.2. The number of benzene rings is 1. The summed E-state index contributed by atoms with van der Waals surface area (Å²) in [6.07, 6.45) is 2.77. The molecule has 3 aromatic rings. The van der Waals surface area contributed by atoms with Crippen molar-refractivity contribution in [1.29, 1.82) is 0 Å². The third-order valence-corrected chi connectivity index (χ3v) is 4.67. The smallest absolute Gasteiger partial charge is 0.278 e. The van der Waals surface area contributed by atoms with E-state index in [-0.39, 0.29) is 5.56 Å². The number of aryl methyl sites for hydroxylation is 2. The summed E-state index contributed by atoms with van der Waals surface area (Å²) in [6.45, 7) is 3.74. The van der Waals surface area contributed by atoms with Gasteiger partial charge in [-0.15, -0.1) is 0 Å². The number of fused-ring (bicyclic) bond motifs is 2. The second-order valence-corrected chi connectivity index (χ2v) is 6.35. The highest BCUT2D eigenvalue weighted by molar-refractivity contribution is 5.77. The minimum absolute atomic E-state index is 0.119. The Hall–Kier alpha value is -2.63. The first-order chi connectivity index (χ1) is 11.7. The summed E-state index contributed by atoms with van der Waals surface area (Å²) < 4.78 is 1.64. The molecule has 24 heavy (non-hydrogen) atoms. The van der Waals surface area contributed by atoms with Crippen LogP contribution in [0.2, 0.25) is 0 Å². The molecule has 6 nitrogen and oxygen atoms in total. The van der Waals surface area contributed by atoms with Gasteiger partial charge < -0.3 is 4.90 Å². The summed E-state index contributed by atoms with van der Waals surface area (Å²) in [5, 5.41) is 4.48. The lowest BCUT2D eigenvalue weighted by Crippen LogP contribution is -2.33. The van der Waals surface area contributed by atoms with E-state index in [0.29, 0.717) is 11.5 Å². The average Bonchev–Trinajstić information content (AvgIpc) is 2.91. The van der Waals surface area contributed by atoms with Crippen LogP contribution in [-0.2, 0) is 26.4 Å². The summed E-state index contributed by atoms with van der Waals surface area (Å²) in [6, 6.07) is 8.45. The maximum absolute atomic E-state index is 12.5. The van der Waals surface area contributed by atoms with Gasteiger partial charge >= 0.3 is 0 Å². The van der Waals surface area contributed by atoms with Crippen molar-refractivity contribution < 1.29 is 0 Å². The van der Waals surface area contributed by atoms with Crippen LogP contribution >= 0.6 is 0 Å². The van der Waals surface area contributed by atoms with Crippen molar-refractivity contribution in [2.24, 2.45) is 7.05 Å². The molecule has 6 heteroatoms. The largest absolute Gasteiger partial charge is 0.338 e. The van der Waals surface area contributed by atoms with E-state index < -0.39 is 0 Å². The first kappa shape index (κ1) is 14.9. The molecule has 0 spiro atoms. The number of anilines is 1. The predicted octanol–water partition coefficient (Wildman–Crippen LogP) is 2.17. The van der Waals surface area contributed by atoms with Gasteiger partial charge in [0.1, 0.15) is 5.52 Å². The molecule has 3 heterocycles. The molecule has 0 atom stereocenters. The number of nitrogens with one attached hydrogen (secondary N) is 1. The van der Waals surface area contributed by atoms with Crippen molar-refractivity contribution in [2.45, 2.75) is 32.7 Å². The van der Waals surface area contributed by atoms with Crippen molar-refractivity contribution in [3.05, 3.63) is 51.4 Å². The Balaban J connectivity index is 1.78. The van der Waals surface area contributed by atoms with Gasteiger partial charge in [-0.1, -0.05) is 37.6 Å². The number of hydrogen-bond acceptors (Lipinski definition) is 4. The van der Waals surface area contributed by atoms with Gasteiger partial charge in [-0.3, -0.25) is 14.5 Å². The molecule has 0 saturated heterocycles. The number of H-pyrrole nitrogens is 1. The minimum Gasteiger partial charge on any atom is -0.338 e. The fourth-order valence-electron chi connectivity index (χ4n) is 3.47. The Morgan fingerprint density at radius 2 is 2.04 bits per heavy atom. The van der Waals surface area contributed by atoms with Crippen LogP contribution in [0.15, 0.2) is 29.1 Å². The lowest BCUT2D eigenvalue weighted by Gasteiger charge is -2.29. The zero-order chi connectivity index (χ0) is 16.7. The molecular formula is C18H21N5O. The van der Waals surface area contributed by atoms with Gasteiger partial charge in [0.2, 0.25) is 5.95 Å². The van der Waals surface area contributed by atoms with Crippen LogP contribution in [0, 0.1) is 0 Å². The fourth-order valence-corrected chi connectivity index (χ4v) is 3.47. The standard InChI is InChI=1S/C18H21N5O/c1-3-6-14-15-16(22(2)21-14)17(24)20-18(19-15)23-10-9-12-7-4-5-8-13(12)11-23/h4-5,7-8H,3,6,9-11H2,1-2H3,(H,19,20,24). The van der Waals surface area contributed by atoms with Gasteiger partial charge in [0, 0.05) is 20.1 Å². The van der Waals surface area contributed by atoms with Crippen LogP contribution in [-0.4, -0.2) is 26.3 Å². The third-order valence-electron chi connectivity index (χ3n) is 4.67. The average molecular weight is 323 g/mol. The Kier molecular flexibility index (Phi) is 3.59. The fraction of sp³-hybridized carbons (Fsp3) is 0.389. The van der Waals surface area contributed by atoms with Crippen molar-refractivity contribution in [1.82, 2.24) is 19.7 Å². The number of aromatic nitrogens is 4. The molecule has 4 rings (SSSR count). The van der Waals surface area contributed by atoms with Gasteiger partial charge in [-0.05, 0) is 24.0 Å². The van der Waals surface area contributed by atoms with E-state index >= 15 is 0 Å². The molecule has 0 bridgehead atoms. The molecule has 0 radical (unpaired) electrons. The van der Waals surface area contributed by atoms with Gasteiger partial charge in [-0.2, -0.15) is 5.10 Å². The Morgan fingerprint density at radius 3 is 2.83 bits per heavy atom. The van der Waals surface area contributed by atoms with Gasteiger partial charge in [0.25, 0.3) is 5.56 Å². The van der Waals surface area contributed by atoms with Crippen LogP contribution in [0.5, 0.6) is 0 Å². The third kappa shape index (κ3) is 2.38. The van der Waals surface area contributed by atoms with Crippen LogP contribution in [0.3, 0.4) is 0 Å². The van der Waals surface area contributed by atoms with Gasteiger partial charge in [0.15, 0.2) is 5.52 Å². The quantitative estimate of drug-likeness (QED) is 0.802. The van der Waals surface area contributed by atoms with Gasteiger partial charge in [-0.25, -0.2) is 4.98 Å².